The van der Waals surface area contributed by atoms with Crippen LogP contribution in [0, 0.1) is 3.57 Å². The first kappa shape index (κ1) is 12.4. The predicted molar refractivity (Wildman–Crippen MR) is 69.2 cm³/mol. The van der Waals surface area contributed by atoms with E-state index in [1.54, 1.807) is 0 Å². The number of likely N-dealkylation sites (N-methyl/N-ethyl adjacent to an activating group) is 1. The van der Waals surface area contributed by atoms with Crippen LogP contribution >= 0.6 is 22.6 Å². The van der Waals surface area contributed by atoms with Gasteiger partial charge < -0.3 is 10.2 Å². The molecule has 0 saturated carbocycles. The second-order valence-corrected chi connectivity index (χ2v) is 4.86. The molecule has 3 nitrogen and oxygen atoms in total. The van der Waals surface area contributed by atoms with E-state index in [9.17, 15) is 4.79 Å². The van der Waals surface area contributed by atoms with E-state index in [2.05, 4.69) is 42.0 Å². The minimum atomic E-state index is 0.0150. The normalized spacial score (nSPS) is 10.4. The molecule has 0 heterocycles. The van der Waals surface area contributed by atoms with E-state index in [1.165, 1.54) is 4.90 Å². The first-order valence-corrected chi connectivity index (χ1v) is 6.01. The Kier molecular flexibility index (Phi) is 5.04. The van der Waals surface area contributed by atoms with Gasteiger partial charge in [0.25, 0.3) is 5.91 Å². The van der Waals surface area contributed by atoms with Crippen molar-refractivity contribution >= 4 is 28.5 Å². The molecule has 0 saturated heterocycles. The van der Waals surface area contributed by atoms with E-state index < -0.39 is 0 Å². The lowest BCUT2D eigenvalue weighted by Crippen LogP contribution is -3.06. The quantitative estimate of drug-likeness (QED) is 0.762. The average Bonchev–Trinajstić information content (AvgIpc) is 2.17. The Labute approximate surface area is 104 Å². The molecule has 15 heavy (non-hydrogen) atoms. The van der Waals surface area contributed by atoms with Gasteiger partial charge in [-0.2, -0.15) is 0 Å². The molecule has 4 heteroatoms. The minimum Gasteiger partial charge on any atom is -0.346 e. The van der Waals surface area contributed by atoms with Crippen molar-refractivity contribution in [3.05, 3.63) is 33.4 Å². The molecular weight excluding hydrogens is 303 g/mol. The molecule has 0 bridgehead atoms. The standard InChI is InChI=1S/C11H15IN2O/c1-14(2)8-7-13-11(15)9-5-3-4-6-10(9)12/h3-6H,7-8H2,1-2H3,(H,13,15)/p+1. The van der Waals surface area contributed by atoms with Crippen molar-refractivity contribution in [3.63, 3.8) is 0 Å². The van der Waals surface area contributed by atoms with Gasteiger partial charge in [-0.25, -0.2) is 0 Å². The van der Waals surface area contributed by atoms with Crippen LogP contribution in [0.1, 0.15) is 10.4 Å². The highest BCUT2D eigenvalue weighted by Gasteiger charge is 2.08. The summed E-state index contributed by atoms with van der Waals surface area (Å²) in [6.45, 7) is 1.65. The fourth-order valence-electron chi connectivity index (χ4n) is 1.17. The lowest BCUT2D eigenvalue weighted by molar-refractivity contribution is -0.856. The number of carbonyl (C=O) groups excluding carboxylic acids is 1. The summed E-state index contributed by atoms with van der Waals surface area (Å²) in [5.74, 6) is 0.0150. The third kappa shape index (κ3) is 4.17. The third-order valence-electron chi connectivity index (χ3n) is 2.03. The number of quaternary nitrogens is 1. The lowest BCUT2D eigenvalue weighted by Gasteiger charge is -2.09. The summed E-state index contributed by atoms with van der Waals surface area (Å²) in [6, 6.07) is 7.60. The number of halogens is 1. The number of benzene rings is 1. The van der Waals surface area contributed by atoms with Gasteiger partial charge in [-0.15, -0.1) is 0 Å². The highest BCUT2D eigenvalue weighted by Crippen LogP contribution is 2.10. The van der Waals surface area contributed by atoms with Gasteiger partial charge in [0.2, 0.25) is 0 Å². The highest BCUT2D eigenvalue weighted by molar-refractivity contribution is 14.1. The Morgan fingerprint density at radius 3 is 2.67 bits per heavy atom. The monoisotopic (exact) mass is 319 g/mol. The van der Waals surface area contributed by atoms with Gasteiger partial charge in [0.1, 0.15) is 0 Å². The molecule has 1 aromatic rings. The summed E-state index contributed by atoms with van der Waals surface area (Å²) >= 11 is 2.17. The smallest absolute Gasteiger partial charge is 0.252 e. The van der Waals surface area contributed by atoms with Crippen molar-refractivity contribution < 1.29 is 9.69 Å². The van der Waals surface area contributed by atoms with E-state index in [4.69, 9.17) is 0 Å². The number of rotatable bonds is 4. The molecule has 2 N–H and O–H groups in total. The van der Waals surface area contributed by atoms with Crippen molar-refractivity contribution in [3.8, 4) is 0 Å². The van der Waals surface area contributed by atoms with Crippen LogP contribution in [-0.4, -0.2) is 33.1 Å². The number of nitrogens with one attached hydrogen (secondary N) is 2. The van der Waals surface area contributed by atoms with Crippen molar-refractivity contribution in [1.29, 1.82) is 0 Å². The van der Waals surface area contributed by atoms with Gasteiger partial charge in [-0.1, -0.05) is 12.1 Å². The summed E-state index contributed by atoms with van der Waals surface area (Å²) < 4.78 is 0.991. The molecule has 82 valence electrons. The zero-order chi connectivity index (χ0) is 11.3. The van der Waals surface area contributed by atoms with E-state index in [1.807, 2.05) is 24.3 Å². The molecular formula is C11H16IN2O+. The van der Waals surface area contributed by atoms with E-state index in [-0.39, 0.29) is 5.91 Å². The topological polar surface area (TPSA) is 33.5 Å². The fraction of sp³-hybridized carbons (Fsp3) is 0.364. The molecule has 0 unspecified atom stereocenters. The maximum absolute atomic E-state index is 11.7. The number of hydrogen-bond donors (Lipinski definition) is 2. The first-order valence-electron chi connectivity index (χ1n) is 4.93. The highest BCUT2D eigenvalue weighted by atomic mass is 127. The Morgan fingerprint density at radius 2 is 2.07 bits per heavy atom. The third-order valence-corrected chi connectivity index (χ3v) is 2.97. The van der Waals surface area contributed by atoms with E-state index in [0.29, 0.717) is 6.54 Å². The summed E-state index contributed by atoms with van der Waals surface area (Å²) in [6.07, 6.45) is 0. The maximum atomic E-state index is 11.7. The molecule has 0 aliphatic heterocycles. The lowest BCUT2D eigenvalue weighted by atomic mass is 10.2. The average molecular weight is 319 g/mol. The van der Waals surface area contributed by atoms with Crippen molar-refractivity contribution in [2.45, 2.75) is 0 Å². The first-order chi connectivity index (χ1) is 7.11. The van der Waals surface area contributed by atoms with Crippen molar-refractivity contribution in [1.82, 2.24) is 5.32 Å². The van der Waals surface area contributed by atoms with Crippen LogP contribution < -0.4 is 10.2 Å². The predicted octanol–water partition coefficient (Wildman–Crippen LogP) is 0.166. The van der Waals surface area contributed by atoms with Gasteiger partial charge in [-0.3, -0.25) is 4.79 Å². The van der Waals surface area contributed by atoms with Crippen LogP contribution in [0.5, 0.6) is 0 Å². The van der Waals surface area contributed by atoms with Crippen molar-refractivity contribution in [2.75, 3.05) is 27.2 Å². The van der Waals surface area contributed by atoms with Crippen LogP contribution in [0.2, 0.25) is 0 Å². The van der Waals surface area contributed by atoms with E-state index >= 15 is 0 Å². The minimum absolute atomic E-state index is 0.0150. The van der Waals surface area contributed by atoms with Crippen LogP contribution in [0.4, 0.5) is 0 Å². The largest absolute Gasteiger partial charge is 0.346 e. The van der Waals surface area contributed by atoms with E-state index in [0.717, 1.165) is 15.7 Å². The molecule has 0 radical (unpaired) electrons. The molecule has 0 fully saturated rings. The SMILES string of the molecule is C[NH+](C)CCNC(=O)c1ccccc1I. The molecule has 0 spiro atoms. The number of carbonyl (C=O) groups is 1. The van der Waals surface area contributed by atoms with Gasteiger partial charge in [0.05, 0.1) is 32.7 Å². The number of amides is 1. The van der Waals surface area contributed by atoms with Crippen LogP contribution in [0.25, 0.3) is 0 Å². The summed E-state index contributed by atoms with van der Waals surface area (Å²) in [5, 5.41) is 2.91. The summed E-state index contributed by atoms with van der Waals surface area (Å²) in [4.78, 5) is 13.1. The van der Waals surface area contributed by atoms with Crippen LogP contribution in [0.3, 0.4) is 0 Å². The van der Waals surface area contributed by atoms with Crippen LogP contribution in [-0.2, 0) is 0 Å². The molecule has 0 aliphatic rings. The Morgan fingerprint density at radius 1 is 1.40 bits per heavy atom. The molecule has 0 atom stereocenters. The molecule has 0 aromatic heterocycles. The number of hydrogen-bond acceptors (Lipinski definition) is 1. The molecule has 1 aromatic carbocycles. The van der Waals surface area contributed by atoms with Crippen molar-refractivity contribution in [2.24, 2.45) is 0 Å². The Hall–Kier alpha value is -0.620. The molecule has 0 aliphatic carbocycles. The molecule has 1 amide bonds. The summed E-state index contributed by atoms with van der Waals surface area (Å²) in [7, 11) is 4.14. The Balaban J connectivity index is 2.51. The Bertz CT molecular complexity index is 339. The van der Waals surface area contributed by atoms with Gasteiger partial charge in [0, 0.05) is 3.57 Å². The zero-order valence-electron chi connectivity index (χ0n) is 9.01. The summed E-state index contributed by atoms with van der Waals surface area (Å²) in [5.41, 5.74) is 0.756. The van der Waals surface area contributed by atoms with Gasteiger partial charge in [0.15, 0.2) is 0 Å². The second-order valence-electron chi connectivity index (χ2n) is 3.69. The fourth-order valence-corrected chi connectivity index (χ4v) is 1.80. The maximum Gasteiger partial charge on any atom is 0.252 e. The van der Waals surface area contributed by atoms with Crippen LogP contribution in [0.15, 0.2) is 24.3 Å². The van der Waals surface area contributed by atoms with Gasteiger partial charge in [-0.05, 0) is 34.7 Å². The van der Waals surface area contributed by atoms with Gasteiger partial charge >= 0.3 is 0 Å². The second kappa shape index (κ2) is 6.07. The molecule has 1 rings (SSSR count). The zero-order valence-corrected chi connectivity index (χ0v) is 11.2.